The van der Waals surface area contributed by atoms with E-state index in [1.807, 2.05) is 6.92 Å². The number of carbonyl (C=O) groups is 3. The SMILES string of the molecule is Cc1cc(Cl)ccc1O[C@H](C)C(=O)Nc1ccc2c(c1)C(=O)N(C)C2=O. The summed E-state index contributed by atoms with van der Waals surface area (Å²) in [5, 5.41) is 3.29. The third-order valence-corrected chi connectivity index (χ3v) is 4.40. The number of ether oxygens (including phenoxy) is 1. The highest BCUT2D eigenvalue weighted by atomic mass is 35.5. The Morgan fingerprint density at radius 3 is 2.50 bits per heavy atom. The van der Waals surface area contributed by atoms with Crippen LogP contribution in [0, 0.1) is 6.92 Å². The number of anilines is 1. The summed E-state index contributed by atoms with van der Waals surface area (Å²) >= 11 is 5.91. The third kappa shape index (κ3) is 3.28. The minimum Gasteiger partial charge on any atom is -0.481 e. The van der Waals surface area contributed by atoms with Gasteiger partial charge in [0.05, 0.1) is 11.1 Å². The first-order chi connectivity index (χ1) is 12.3. The lowest BCUT2D eigenvalue weighted by Crippen LogP contribution is -2.30. The van der Waals surface area contributed by atoms with Crippen molar-refractivity contribution in [1.82, 2.24) is 4.90 Å². The number of fused-ring (bicyclic) bond motifs is 1. The van der Waals surface area contributed by atoms with Crippen molar-refractivity contribution in [3.8, 4) is 5.75 Å². The lowest BCUT2D eigenvalue weighted by atomic mass is 10.1. The molecule has 0 aromatic heterocycles. The molecule has 7 heteroatoms. The first-order valence-corrected chi connectivity index (χ1v) is 8.36. The molecule has 0 bridgehead atoms. The number of nitrogens with zero attached hydrogens (tertiary/aromatic N) is 1. The highest BCUT2D eigenvalue weighted by molar-refractivity contribution is 6.30. The maximum Gasteiger partial charge on any atom is 0.265 e. The van der Waals surface area contributed by atoms with Crippen LogP contribution in [-0.2, 0) is 4.79 Å². The van der Waals surface area contributed by atoms with E-state index in [1.54, 1.807) is 31.2 Å². The molecular weight excluding hydrogens is 356 g/mol. The van der Waals surface area contributed by atoms with Crippen LogP contribution < -0.4 is 10.1 Å². The Bertz CT molecular complexity index is 926. The molecule has 6 nitrogen and oxygen atoms in total. The zero-order valence-electron chi connectivity index (χ0n) is 14.5. The third-order valence-electron chi connectivity index (χ3n) is 4.17. The molecule has 1 aliphatic heterocycles. The van der Waals surface area contributed by atoms with Crippen molar-refractivity contribution in [3.63, 3.8) is 0 Å². The van der Waals surface area contributed by atoms with Crippen molar-refractivity contribution in [1.29, 1.82) is 0 Å². The molecule has 0 fully saturated rings. The van der Waals surface area contributed by atoms with Gasteiger partial charge in [0.15, 0.2) is 6.10 Å². The Kier molecular flexibility index (Phi) is 4.70. The van der Waals surface area contributed by atoms with Gasteiger partial charge in [-0.2, -0.15) is 0 Å². The van der Waals surface area contributed by atoms with Crippen LogP contribution >= 0.6 is 11.6 Å². The number of hydrogen-bond acceptors (Lipinski definition) is 4. The van der Waals surface area contributed by atoms with Crippen molar-refractivity contribution >= 4 is 35.0 Å². The molecule has 0 radical (unpaired) electrons. The molecule has 1 N–H and O–H groups in total. The predicted octanol–water partition coefficient (Wildman–Crippen LogP) is 3.28. The predicted molar refractivity (Wildman–Crippen MR) is 97.8 cm³/mol. The summed E-state index contributed by atoms with van der Waals surface area (Å²) in [7, 11) is 1.42. The second kappa shape index (κ2) is 6.80. The number of nitrogens with one attached hydrogen (secondary N) is 1. The summed E-state index contributed by atoms with van der Waals surface area (Å²) in [6, 6.07) is 9.76. The number of carbonyl (C=O) groups excluding carboxylic acids is 3. The molecule has 26 heavy (non-hydrogen) atoms. The van der Waals surface area contributed by atoms with E-state index >= 15 is 0 Å². The van der Waals surface area contributed by atoms with E-state index < -0.39 is 6.10 Å². The Morgan fingerprint density at radius 1 is 1.12 bits per heavy atom. The maximum atomic E-state index is 12.4. The zero-order valence-corrected chi connectivity index (χ0v) is 15.3. The molecule has 3 amide bonds. The summed E-state index contributed by atoms with van der Waals surface area (Å²) in [6.45, 7) is 3.46. The number of hydrogen-bond donors (Lipinski definition) is 1. The fourth-order valence-electron chi connectivity index (χ4n) is 2.67. The fourth-order valence-corrected chi connectivity index (χ4v) is 2.90. The van der Waals surface area contributed by atoms with Crippen LogP contribution in [0.25, 0.3) is 0 Å². The van der Waals surface area contributed by atoms with Crippen LogP contribution in [0.3, 0.4) is 0 Å². The molecule has 3 rings (SSSR count). The van der Waals surface area contributed by atoms with Gasteiger partial charge in [-0.05, 0) is 55.8 Å². The van der Waals surface area contributed by atoms with Crippen molar-refractivity contribution < 1.29 is 19.1 Å². The summed E-state index contributed by atoms with van der Waals surface area (Å²) in [6.07, 6.45) is -0.761. The first-order valence-electron chi connectivity index (χ1n) is 7.98. The molecule has 0 aliphatic carbocycles. The van der Waals surface area contributed by atoms with Crippen LogP contribution in [-0.4, -0.2) is 35.8 Å². The Labute approximate surface area is 155 Å². The Balaban J connectivity index is 1.72. The molecule has 134 valence electrons. The highest BCUT2D eigenvalue weighted by Gasteiger charge is 2.32. The number of imide groups is 1. The number of aryl methyl sites for hydroxylation is 1. The van der Waals surface area contributed by atoms with Gasteiger partial charge in [-0.25, -0.2) is 0 Å². The van der Waals surface area contributed by atoms with E-state index in [9.17, 15) is 14.4 Å². The standard InChI is InChI=1S/C19H17ClN2O4/c1-10-8-12(20)4-7-16(10)26-11(2)17(23)21-13-5-6-14-15(9-13)19(25)22(3)18(14)24/h4-9,11H,1-3H3,(H,21,23)/t11-/m1/s1. The lowest BCUT2D eigenvalue weighted by molar-refractivity contribution is -0.122. The number of benzene rings is 2. The molecule has 0 saturated carbocycles. The first kappa shape index (κ1) is 17.9. The highest BCUT2D eigenvalue weighted by Crippen LogP contribution is 2.26. The quantitative estimate of drug-likeness (QED) is 0.836. The molecule has 0 unspecified atom stereocenters. The molecule has 1 heterocycles. The van der Waals surface area contributed by atoms with Gasteiger partial charge in [0, 0.05) is 17.8 Å². The fraction of sp³-hybridized carbons (Fsp3) is 0.211. The van der Waals surface area contributed by atoms with Gasteiger partial charge in [-0.1, -0.05) is 11.6 Å². The van der Waals surface area contributed by atoms with Gasteiger partial charge >= 0.3 is 0 Å². The summed E-state index contributed by atoms with van der Waals surface area (Å²) in [5.74, 6) is -0.544. The van der Waals surface area contributed by atoms with E-state index in [0.29, 0.717) is 22.0 Å². The molecular formula is C19H17ClN2O4. The van der Waals surface area contributed by atoms with Crippen LogP contribution in [0.2, 0.25) is 5.02 Å². The summed E-state index contributed by atoms with van der Waals surface area (Å²) in [5.41, 5.74) is 1.85. The molecule has 0 spiro atoms. The van der Waals surface area contributed by atoms with E-state index in [0.717, 1.165) is 10.5 Å². The average Bonchev–Trinajstić information content (AvgIpc) is 2.81. The summed E-state index contributed by atoms with van der Waals surface area (Å²) < 4.78 is 5.68. The molecule has 1 atom stereocenters. The smallest absolute Gasteiger partial charge is 0.265 e. The minimum absolute atomic E-state index is 0.275. The van der Waals surface area contributed by atoms with E-state index in [4.69, 9.17) is 16.3 Å². The lowest BCUT2D eigenvalue weighted by Gasteiger charge is -2.16. The minimum atomic E-state index is -0.761. The monoisotopic (exact) mass is 372 g/mol. The topological polar surface area (TPSA) is 75.7 Å². The van der Waals surface area contributed by atoms with E-state index in [1.165, 1.54) is 19.2 Å². The van der Waals surface area contributed by atoms with Gasteiger partial charge in [0.25, 0.3) is 17.7 Å². The number of halogens is 1. The van der Waals surface area contributed by atoms with Crippen LogP contribution in [0.1, 0.15) is 33.2 Å². The van der Waals surface area contributed by atoms with E-state index in [2.05, 4.69) is 5.32 Å². The van der Waals surface area contributed by atoms with Crippen molar-refractivity contribution in [2.45, 2.75) is 20.0 Å². The average molecular weight is 373 g/mol. The Morgan fingerprint density at radius 2 is 1.81 bits per heavy atom. The molecule has 0 saturated heterocycles. The van der Waals surface area contributed by atoms with Gasteiger partial charge in [-0.3, -0.25) is 19.3 Å². The van der Waals surface area contributed by atoms with Crippen molar-refractivity contribution in [2.24, 2.45) is 0 Å². The van der Waals surface area contributed by atoms with Crippen molar-refractivity contribution in [2.75, 3.05) is 12.4 Å². The second-order valence-electron chi connectivity index (χ2n) is 6.09. The zero-order chi connectivity index (χ0) is 19.0. The van der Waals surface area contributed by atoms with Crippen LogP contribution in [0.15, 0.2) is 36.4 Å². The largest absolute Gasteiger partial charge is 0.481 e. The molecule has 2 aromatic carbocycles. The summed E-state index contributed by atoms with van der Waals surface area (Å²) in [4.78, 5) is 37.4. The van der Waals surface area contributed by atoms with Gasteiger partial charge in [0.2, 0.25) is 0 Å². The maximum absolute atomic E-state index is 12.4. The van der Waals surface area contributed by atoms with Crippen LogP contribution in [0.5, 0.6) is 5.75 Å². The molecule has 1 aliphatic rings. The van der Waals surface area contributed by atoms with Crippen molar-refractivity contribution in [3.05, 3.63) is 58.1 Å². The normalized spacial score (nSPS) is 14.2. The van der Waals surface area contributed by atoms with Crippen LogP contribution in [0.4, 0.5) is 5.69 Å². The number of rotatable bonds is 4. The Hall–Kier alpha value is -2.86. The van der Waals surface area contributed by atoms with Gasteiger partial charge < -0.3 is 10.1 Å². The van der Waals surface area contributed by atoms with E-state index in [-0.39, 0.29) is 23.3 Å². The number of amides is 3. The van der Waals surface area contributed by atoms with Gasteiger partial charge in [0.1, 0.15) is 5.75 Å². The van der Waals surface area contributed by atoms with Gasteiger partial charge in [-0.15, -0.1) is 0 Å². The molecule has 2 aromatic rings. The second-order valence-corrected chi connectivity index (χ2v) is 6.53.